The molecule has 1 aromatic heterocycles. The van der Waals surface area contributed by atoms with Crippen LogP contribution < -0.4 is 14.8 Å². The molecule has 3 rings (SSSR count). The number of aromatic nitrogens is 1. The van der Waals surface area contributed by atoms with Crippen molar-refractivity contribution in [3.8, 4) is 11.5 Å². The number of carbonyl (C=O) groups excluding carboxylic acids is 2. The van der Waals surface area contributed by atoms with Crippen LogP contribution in [0, 0.1) is 11.9 Å². The first kappa shape index (κ1) is 25.2. The van der Waals surface area contributed by atoms with E-state index in [-0.39, 0.29) is 17.4 Å². The molecule has 0 aliphatic carbocycles. The Bertz CT molecular complexity index is 981. The number of ether oxygens (including phenoxy) is 2. The van der Waals surface area contributed by atoms with Crippen molar-refractivity contribution in [2.75, 3.05) is 33.9 Å². The average Bonchev–Trinajstić information content (AvgIpc) is 2.87. The van der Waals surface area contributed by atoms with E-state index in [2.05, 4.69) is 10.3 Å². The van der Waals surface area contributed by atoms with E-state index < -0.39 is 5.95 Å². The van der Waals surface area contributed by atoms with Gasteiger partial charge >= 0.3 is 0 Å². The molecule has 1 aliphatic heterocycles. The van der Waals surface area contributed by atoms with Gasteiger partial charge in [0, 0.05) is 37.5 Å². The summed E-state index contributed by atoms with van der Waals surface area (Å²) in [7, 11) is 3.11. The van der Waals surface area contributed by atoms with Gasteiger partial charge in [0.1, 0.15) is 17.1 Å². The van der Waals surface area contributed by atoms with Gasteiger partial charge in [0.15, 0.2) is 0 Å². The third-order valence-corrected chi connectivity index (χ3v) is 6.08. The summed E-state index contributed by atoms with van der Waals surface area (Å²) < 4.78 is 24.2. The van der Waals surface area contributed by atoms with Gasteiger partial charge in [-0.15, -0.1) is 0 Å². The van der Waals surface area contributed by atoms with Crippen molar-refractivity contribution in [2.45, 2.75) is 32.1 Å². The molecule has 7 nitrogen and oxygen atoms in total. The van der Waals surface area contributed by atoms with Crippen LogP contribution >= 0.6 is 0 Å². The number of hydrogen-bond donors (Lipinski definition) is 1. The summed E-state index contributed by atoms with van der Waals surface area (Å²) in [6.45, 7) is 1.98. The molecule has 2 heterocycles. The smallest absolute Gasteiger partial charge is 0.261 e. The summed E-state index contributed by atoms with van der Waals surface area (Å²) in [6.07, 6.45) is 8.96. The van der Waals surface area contributed by atoms with Crippen molar-refractivity contribution in [3.63, 3.8) is 0 Å². The van der Waals surface area contributed by atoms with Crippen molar-refractivity contribution in [2.24, 2.45) is 5.92 Å². The fraction of sp³-hybridized carbons (Fsp3) is 0.423. The van der Waals surface area contributed by atoms with Crippen LogP contribution in [0.15, 0.2) is 42.6 Å². The zero-order chi connectivity index (χ0) is 24.3. The highest BCUT2D eigenvalue weighted by atomic mass is 19.1. The molecule has 0 radical (unpaired) electrons. The van der Waals surface area contributed by atoms with Crippen molar-refractivity contribution in [1.82, 2.24) is 15.2 Å². The van der Waals surface area contributed by atoms with Crippen LogP contribution in [0.2, 0.25) is 0 Å². The van der Waals surface area contributed by atoms with Gasteiger partial charge in [-0.3, -0.25) is 9.59 Å². The van der Waals surface area contributed by atoms with Gasteiger partial charge < -0.3 is 19.7 Å². The molecule has 1 saturated heterocycles. The molecule has 34 heavy (non-hydrogen) atoms. The first-order chi connectivity index (χ1) is 16.5. The fourth-order valence-electron chi connectivity index (χ4n) is 4.16. The van der Waals surface area contributed by atoms with E-state index in [0.29, 0.717) is 42.6 Å². The predicted molar refractivity (Wildman–Crippen MR) is 128 cm³/mol. The summed E-state index contributed by atoms with van der Waals surface area (Å²) in [5.74, 6) is 0.702. The minimum atomic E-state index is -0.596. The Morgan fingerprint density at radius 1 is 1.12 bits per heavy atom. The number of pyridine rings is 1. The number of unbranched alkanes of at least 4 members (excludes halogenated alkanes) is 1. The Labute approximate surface area is 200 Å². The number of halogens is 1. The summed E-state index contributed by atoms with van der Waals surface area (Å²) in [6, 6.07) is 8.54. The van der Waals surface area contributed by atoms with Crippen LogP contribution in [-0.4, -0.2) is 55.6 Å². The quantitative estimate of drug-likeness (QED) is 0.322. The van der Waals surface area contributed by atoms with Gasteiger partial charge in [-0.05, 0) is 55.5 Å². The zero-order valence-corrected chi connectivity index (χ0v) is 19.8. The molecule has 8 heteroatoms. The maximum atomic E-state index is 13.5. The van der Waals surface area contributed by atoms with Crippen LogP contribution in [0.3, 0.4) is 0 Å². The maximum Gasteiger partial charge on any atom is 0.261 e. The largest absolute Gasteiger partial charge is 0.496 e. The summed E-state index contributed by atoms with van der Waals surface area (Å²) in [5.41, 5.74) is 0.758. The second kappa shape index (κ2) is 12.7. The van der Waals surface area contributed by atoms with Gasteiger partial charge in [-0.25, -0.2) is 4.98 Å². The Morgan fingerprint density at radius 2 is 1.82 bits per heavy atom. The maximum absolute atomic E-state index is 13.5. The Kier molecular flexibility index (Phi) is 9.43. The lowest BCUT2D eigenvalue weighted by molar-refractivity contribution is -0.116. The van der Waals surface area contributed by atoms with Crippen molar-refractivity contribution in [1.29, 1.82) is 0 Å². The lowest BCUT2D eigenvalue weighted by Crippen LogP contribution is -2.38. The zero-order valence-electron chi connectivity index (χ0n) is 19.8. The third-order valence-electron chi connectivity index (χ3n) is 6.08. The van der Waals surface area contributed by atoms with E-state index in [1.165, 1.54) is 18.3 Å². The number of nitrogens with zero attached hydrogens (tertiary/aromatic N) is 2. The first-order valence-electron chi connectivity index (χ1n) is 11.6. The number of piperidine rings is 1. The van der Waals surface area contributed by atoms with E-state index in [4.69, 9.17) is 9.47 Å². The third kappa shape index (κ3) is 6.79. The van der Waals surface area contributed by atoms with Crippen LogP contribution in [-0.2, 0) is 4.79 Å². The van der Waals surface area contributed by atoms with E-state index >= 15 is 0 Å². The highest BCUT2D eigenvalue weighted by Crippen LogP contribution is 2.31. The van der Waals surface area contributed by atoms with Crippen LogP contribution in [0.1, 0.15) is 48.0 Å². The second-order valence-electron chi connectivity index (χ2n) is 8.28. The molecule has 0 bridgehead atoms. The summed E-state index contributed by atoms with van der Waals surface area (Å²) in [4.78, 5) is 30.4. The van der Waals surface area contributed by atoms with E-state index in [1.54, 1.807) is 44.6 Å². The average molecular weight is 470 g/mol. The normalized spacial score (nSPS) is 14.3. The molecule has 0 saturated carbocycles. The molecular formula is C26H32FN3O4. The first-order valence-corrected chi connectivity index (χ1v) is 11.6. The minimum absolute atomic E-state index is 0.0605. The highest BCUT2D eigenvalue weighted by Gasteiger charge is 2.27. The van der Waals surface area contributed by atoms with Gasteiger partial charge in [0.2, 0.25) is 11.9 Å². The molecular weight excluding hydrogens is 437 g/mol. The highest BCUT2D eigenvalue weighted by molar-refractivity contribution is 5.99. The lowest BCUT2D eigenvalue weighted by atomic mass is 9.91. The molecule has 1 N–H and O–H groups in total. The number of nitrogens with one attached hydrogen (secondary N) is 1. The van der Waals surface area contributed by atoms with E-state index in [0.717, 1.165) is 32.1 Å². The molecule has 182 valence electrons. The number of amides is 2. The lowest BCUT2D eigenvalue weighted by Gasteiger charge is -2.32. The number of carbonyl (C=O) groups is 2. The van der Waals surface area contributed by atoms with Crippen LogP contribution in [0.4, 0.5) is 4.39 Å². The van der Waals surface area contributed by atoms with Gasteiger partial charge in [-0.1, -0.05) is 18.9 Å². The van der Waals surface area contributed by atoms with Gasteiger partial charge in [0.25, 0.3) is 5.91 Å². The van der Waals surface area contributed by atoms with Gasteiger partial charge in [-0.2, -0.15) is 4.39 Å². The standard InChI is InChI=1S/C26H32FN3O4/c1-33-21-9-5-10-22(34-2)24(21)26(32)30-17-13-19(14-18-30)7-3-4-15-28-23(31)12-11-20-8-6-16-29-25(20)27/h5-6,8-12,16,19H,3-4,7,13-15,17-18H2,1-2H3,(H,28,31)/b12-11+. The number of rotatable bonds is 10. The molecule has 0 atom stereocenters. The molecule has 1 aliphatic rings. The minimum Gasteiger partial charge on any atom is -0.496 e. The second-order valence-corrected chi connectivity index (χ2v) is 8.28. The molecule has 1 aromatic carbocycles. The predicted octanol–water partition coefficient (Wildman–Crippen LogP) is 4.09. The molecule has 0 unspecified atom stereocenters. The summed E-state index contributed by atoms with van der Waals surface area (Å²) in [5, 5.41) is 2.83. The number of methoxy groups -OCH3 is 2. The topological polar surface area (TPSA) is 80.8 Å². The van der Waals surface area contributed by atoms with Gasteiger partial charge in [0.05, 0.1) is 14.2 Å². The van der Waals surface area contributed by atoms with Crippen LogP contribution in [0.25, 0.3) is 6.08 Å². The molecule has 0 spiro atoms. The SMILES string of the molecule is COc1cccc(OC)c1C(=O)N1CCC(CCCCNC(=O)/C=C/c2cccnc2F)CC1. The van der Waals surface area contributed by atoms with E-state index in [9.17, 15) is 14.0 Å². The summed E-state index contributed by atoms with van der Waals surface area (Å²) >= 11 is 0. The van der Waals surface area contributed by atoms with Crippen molar-refractivity contribution < 1.29 is 23.5 Å². The Hall–Kier alpha value is -3.42. The Morgan fingerprint density at radius 3 is 2.47 bits per heavy atom. The molecule has 2 amide bonds. The molecule has 2 aromatic rings. The molecule has 1 fully saturated rings. The number of likely N-dealkylation sites (tertiary alicyclic amines) is 1. The number of hydrogen-bond acceptors (Lipinski definition) is 5. The van der Waals surface area contributed by atoms with Crippen molar-refractivity contribution >= 4 is 17.9 Å². The fourth-order valence-corrected chi connectivity index (χ4v) is 4.16. The van der Waals surface area contributed by atoms with Crippen molar-refractivity contribution in [3.05, 3.63) is 59.7 Å². The Balaban J connectivity index is 1.36. The number of benzene rings is 1. The van der Waals surface area contributed by atoms with Crippen LogP contribution in [0.5, 0.6) is 11.5 Å². The van der Waals surface area contributed by atoms with E-state index in [1.807, 2.05) is 4.90 Å². The monoisotopic (exact) mass is 469 g/mol.